The van der Waals surface area contributed by atoms with E-state index in [1.165, 1.54) is 0 Å². The molecule has 2 aliphatic rings. The summed E-state index contributed by atoms with van der Waals surface area (Å²) < 4.78 is 16.3. The summed E-state index contributed by atoms with van der Waals surface area (Å²) in [5.74, 6) is -0.0393. The van der Waals surface area contributed by atoms with Gasteiger partial charge >= 0.3 is 0 Å². The van der Waals surface area contributed by atoms with E-state index in [1.807, 2.05) is 0 Å². The first-order valence-corrected chi connectivity index (χ1v) is 7.97. The van der Waals surface area contributed by atoms with Gasteiger partial charge in [0.25, 0.3) is 5.91 Å². The highest BCUT2D eigenvalue weighted by Gasteiger charge is 2.38. The molecule has 2 saturated heterocycles. The fourth-order valence-electron chi connectivity index (χ4n) is 3.44. The fourth-order valence-corrected chi connectivity index (χ4v) is 3.44. The minimum absolute atomic E-state index is 0. The highest BCUT2D eigenvalue weighted by molar-refractivity contribution is 5.98. The van der Waals surface area contributed by atoms with Gasteiger partial charge in [-0.25, -0.2) is 9.07 Å². The number of amides is 1. The first-order chi connectivity index (χ1) is 11.1. The van der Waals surface area contributed by atoms with Crippen LogP contribution in [0.5, 0.6) is 0 Å². The Morgan fingerprint density at radius 2 is 2.25 bits per heavy atom. The molecule has 0 radical (unpaired) electrons. The lowest BCUT2D eigenvalue weighted by Gasteiger charge is -2.46. The van der Waals surface area contributed by atoms with E-state index in [0.29, 0.717) is 36.3 Å². The number of rotatable bonds is 2. The van der Waals surface area contributed by atoms with Gasteiger partial charge in [0.1, 0.15) is 11.4 Å². The molecule has 2 aliphatic heterocycles. The molecule has 24 heavy (non-hydrogen) atoms. The molecular formula is C17H20ClFN4O. The molecule has 0 saturated carbocycles. The van der Waals surface area contributed by atoms with Crippen LogP contribution in [0.15, 0.2) is 30.6 Å². The van der Waals surface area contributed by atoms with E-state index in [4.69, 9.17) is 0 Å². The summed E-state index contributed by atoms with van der Waals surface area (Å²) in [7, 11) is 0. The van der Waals surface area contributed by atoms with Gasteiger partial charge in [-0.1, -0.05) is 6.07 Å². The molecule has 1 aromatic heterocycles. The van der Waals surface area contributed by atoms with Crippen LogP contribution < -0.4 is 5.32 Å². The molecule has 0 spiro atoms. The molecule has 4 rings (SSSR count). The lowest BCUT2D eigenvalue weighted by atomic mass is 9.84. The molecule has 2 aromatic rings. The normalized spacial score (nSPS) is 22.3. The minimum atomic E-state index is -0.452. The molecule has 2 atom stereocenters. The SMILES string of the molecule is Cc1ccc(-n2cccn2)c(C(=O)N2CC[C@H]3CN[C@H]3C2)c1F.Cl. The number of carbonyl (C=O) groups is 1. The number of piperidine rings is 1. The molecule has 128 valence electrons. The second kappa shape index (κ2) is 6.53. The number of hydrogen-bond acceptors (Lipinski definition) is 3. The highest BCUT2D eigenvalue weighted by Crippen LogP contribution is 2.28. The fraction of sp³-hybridized carbons (Fsp3) is 0.412. The molecular weight excluding hydrogens is 331 g/mol. The van der Waals surface area contributed by atoms with Gasteiger partial charge in [0.15, 0.2) is 0 Å². The predicted octanol–water partition coefficient (Wildman–Crippen LogP) is 2.18. The number of carbonyl (C=O) groups excluding carboxylic acids is 1. The summed E-state index contributed by atoms with van der Waals surface area (Å²) in [6.45, 7) is 4.05. The highest BCUT2D eigenvalue weighted by atomic mass is 35.5. The van der Waals surface area contributed by atoms with E-state index in [1.54, 1.807) is 47.1 Å². The lowest BCUT2D eigenvalue weighted by molar-refractivity contribution is 0.0514. The Labute approximate surface area is 146 Å². The van der Waals surface area contributed by atoms with Gasteiger partial charge in [0.05, 0.1) is 5.69 Å². The van der Waals surface area contributed by atoms with E-state index in [0.717, 1.165) is 13.0 Å². The summed E-state index contributed by atoms with van der Waals surface area (Å²) >= 11 is 0. The number of nitrogens with one attached hydrogen (secondary N) is 1. The van der Waals surface area contributed by atoms with Crippen molar-refractivity contribution in [2.45, 2.75) is 19.4 Å². The van der Waals surface area contributed by atoms with Crippen LogP contribution >= 0.6 is 12.4 Å². The zero-order valence-electron chi connectivity index (χ0n) is 13.4. The first-order valence-electron chi connectivity index (χ1n) is 7.97. The smallest absolute Gasteiger partial charge is 0.259 e. The van der Waals surface area contributed by atoms with E-state index >= 15 is 0 Å². The van der Waals surface area contributed by atoms with Crippen LogP contribution in [0.2, 0.25) is 0 Å². The third-order valence-electron chi connectivity index (χ3n) is 4.96. The number of hydrogen-bond donors (Lipinski definition) is 1. The topological polar surface area (TPSA) is 50.2 Å². The molecule has 3 heterocycles. The molecule has 1 amide bonds. The second-order valence-corrected chi connectivity index (χ2v) is 6.36. The quantitative estimate of drug-likeness (QED) is 0.903. The number of benzene rings is 1. The van der Waals surface area contributed by atoms with Gasteiger partial charge in [-0.2, -0.15) is 5.10 Å². The number of likely N-dealkylation sites (tertiary alicyclic amines) is 1. The Balaban J connectivity index is 0.00000169. The second-order valence-electron chi connectivity index (χ2n) is 6.36. The van der Waals surface area contributed by atoms with Crippen LogP contribution in [0.25, 0.3) is 5.69 Å². The van der Waals surface area contributed by atoms with Crippen molar-refractivity contribution in [3.8, 4) is 5.69 Å². The molecule has 7 heteroatoms. The van der Waals surface area contributed by atoms with Crippen LogP contribution in [-0.4, -0.2) is 46.3 Å². The number of aryl methyl sites for hydroxylation is 1. The first kappa shape index (κ1) is 16.9. The Hall–Kier alpha value is -1.92. The van der Waals surface area contributed by atoms with Crippen molar-refractivity contribution in [2.75, 3.05) is 19.6 Å². The molecule has 1 N–H and O–H groups in total. The zero-order chi connectivity index (χ0) is 16.0. The van der Waals surface area contributed by atoms with E-state index in [9.17, 15) is 9.18 Å². The van der Waals surface area contributed by atoms with Gasteiger partial charge in [0.2, 0.25) is 0 Å². The molecule has 0 aliphatic carbocycles. The van der Waals surface area contributed by atoms with Crippen molar-refractivity contribution in [3.05, 3.63) is 47.5 Å². The Morgan fingerprint density at radius 3 is 2.88 bits per heavy atom. The van der Waals surface area contributed by atoms with Crippen molar-refractivity contribution in [1.82, 2.24) is 20.0 Å². The largest absolute Gasteiger partial charge is 0.337 e. The van der Waals surface area contributed by atoms with E-state index < -0.39 is 5.82 Å². The van der Waals surface area contributed by atoms with E-state index in [2.05, 4.69) is 10.4 Å². The van der Waals surface area contributed by atoms with Crippen molar-refractivity contribution in [1.29, 1.82) is 0 Å². The number of aromatic nitrogens is 2. The molecule has 0 bridgehead atoms. The average molecular weight is 351 g/mol. The zero-order valence-corrected chi connectivity index (χ0v) is 14.2. The number of nitrogens with zero attached hydrogens (tertiary/aromatic N) is 3. The van der Waals surface area contributed by atoms with Crippen LogP contribution in [0, 0.1) is 18.7 Å². The maximum atomic E-state index is 14.7. The maximum Gasteiger partial charge on any atom is 0.259 e. The van der Waals surface area contributed by atoms with Crippen LogP contribution in [-0.2, 0) is 0 Å². The Kier molecular flexibility index (Phi) is 4.60. The van der Waals surface area contributed by atoms with Crippen LogP contribution in [0.3, 0.4) is 0 Å². The summed E-state index contributed by atoms with van der Waals surface area (Å²) in [4.78, 5) is 14.7. The van der Waals surface area contributed by atoms with Crippen molar-refractivity contribution < 1.29 is 9.18 Å². The van der Waals surface area contributed by atoms with E-state index in [-0.39, 0.29) is 23.9 Å². The third kappa shape index (κ3) is 2.70. The molecule has 1 aromatic carbocycles. The van der Waals surface area contributed by atoms with Gasteiger partial charge in [-0.15, -0.1) is 12.4 Å². The summed E-state index contributed by atoms with van der Waals surface area (Å²) in [5.41, 5.74) is 1.08. The summed E-state index contributed by atoms with van der Waals surface area (Å²) in [6.07, 6.45) is 4.32. The lowest BCUT2D eigenvalue weighted by Crippen LogP contribution is -2.62. The maximum absolute atomic E-state index is 14.7. The predicted molar refractivity (Wildman–Crippen MR) is 91.3 cm³/mol. The van der Waals surface area contributed by atoms with Crippen molar-refractivity contribution in [3.63, 3.8) is 0 Å². The summed E-state index contributed by atoms with van der Waals surface area (Å²) in [5, 5.41) is 7.50. The monoisotopic (exact) mass is 350 g/mol. The number of fused-ring (bicyclic) bond motifs is 1. The Morgan fingerprint density at radius 1 is 1.42 bits per heavy atom. The summed E-state index contributed by atoms with van der Waals surface area (Å²) in [6, 6.07) is 5.56. The van der Waals surface area contributed by atoms with Crippen LogP contribution in [0.4, 0.5) is 4.39 Å². The standard InChI is InChI=1S/C17H19FN4O.ClH/c1-11-3-4-14(22-7-2-6-20-22)15(16(11)18)17(23)21-8-5-12-9-19-13(12)10-21;/h2-4,6-7,12-13,19H,5,8-10H2,1H3;1H/t12-,13-;/m0./s1. The van der Waals surface area contributed by atoms with Gasteiger partial charge < -0.3 is 10.2 Å². The molecule has 2 fully saturated rings. The van der Waals surface area contributed by atoms with Crippen LogP contribution in [0.1, 0.15) is 22.3 Å². The van der Waals surface area contributed by atoms with Gasteiger partial charge in [-0.3, -0.25) is 4.79 Å². The minimum Gasteiger partial charge on any atom is -0.337 e. The van der Waals surface area contributed by atoms with Crippen molar-refractivity contribution >= 4 is 18.3 Å². The van der Waals surface area contributed by atoms with Gasteiger partial charge in [0, 0.05) is 31.5 Å². The van der Waals surface area contributed by atoms with Gasteiger partial charge in [-0.05, 0) is 43.5 Å². The molecule has 0 unspecified atom stereocenters. The Bertz CT molecular complexity index is 749. The average Bonchev–Trinajstić information content (AvgIpc) is 3.04. The van der Waals surface area contributed by atoms with Crippen molar-refractivity contribution in [2.24, 2.45) is 5.92 Å². The third-order valence-corrected chi connectivity index (χ3v) is 4.96. The number of halogens is 2. The molecule has 5 nitrogen and oxygen atoms in total.